The van der Waals surface area contributed by atoms with Gasteiger partial charge in [0.1, 0.15) is 11.4 Å². The molecule has 10 heteroatoms. The van der Waals surface area contributed by atoms with E-state index in [1.54, 1.807) is 12.4 Å². The van der Waals surface area contributed by atoms with Crippen LogP contribution >= 0.6 is 0 Å². The molecule has 1 fully saturated rings. The Morgan fingerprint density at radius 1 is 1.09 bits per heavy atom. The second-order valence-electron chi connectivity index (χ2n) is 7.01. The molecular weight excluding hydrogens is 418 g/mol. The Labute approximate surface area is 195 Å². The first-order chi connectivity index (χ1) is 16.1. The largest absolute Gasteiger partial charge is 0.365 e. The second-order valence-corrected chi connectivity index (χ2v) is 7.01. The Bertz CT molecular complexity index is 991. The molecule has 2 atom stereocenters. The van der Waals surface area contributed by atoms with Crippen LogP contribution in [0.2, 0.25) is 0 Å². The number of nitrogens with one attached hydrogen (secondary N) is 2. The van der Waals surface area contributed by atoms with Crippen molar-refractivity contribution in [1.29, 1.82) is 0 Å². The summed E-state index contributed by atoms with van der Waals surface area (Å²) >= 11 is 0. The molecule has 0 aliphatic heterocycles. The number of benzene rings is 1. The van der Waals surface area contributed by atoms with E-state index in [1.165, 1.54) is 11.0 Å². The van der Waals surface area contributed by atoms with E-state index in [1.807, 2.05) is 52.0 Å². The summed E-state index contributed by atoms with van der Waals surface area (Å²) in [6.07, 6.45) is 8.81. The van der Waals surface area contributed by atoms with Crippen molar-refractivity contribution in [2.75, 3.05) is 10.6 Å². The SMILES string of the molecule is CC.CC.NC(=O)c1cnc(NC2CCCCC2N)nc1Nc1cccc(-n2nccn2)c1. The Hall–Kier alpha value is -3.53. The second kappa shape index (κ2) is 13.1. The summed E-state index contributed by atoms with van der Waals surface area (Å²) in [5.74, 6) is 0.119. The molecule has 1 aliphatic carbocycles. The third-order valence-electron chi connectivity index (χ3n) is 4.95. The average molecular weight is 454 g/mol. The highest BCUT2D eigenvalue weighted by Gasteiger charge is 2.23. The predicted molar refractivity (Wildman–Crippen MR) is 132 cm³/mol. The van der Waals surface area contributed by atoms with Crippen LogP contribution in [0, 0.1) is 0 Å². The summed E-state index contributed by atoms with van der Waals surface area (Å²) in [5, 5.41) is 14.7. The Kier molecular flexibility index (Phi) is 10.2. The van der Waals surface area contributed by atoms with E-state index in [2.05, 4.69) is 30.8 Å². The fraction of sp³-hybridized carbons (Fsp3) is 0.435. The lowest BCUT2D eigenvalue weighted by atomic mass is 9.91. The van der Waals surface area contributed by atoms with E-state index < -0.39 is 5.91 Å². The number of carbonyl (C=O) groups excluding carboxylic acids is 1. The first kappa shape index (κ1) is 25.7. The van der Waals surface area contributed by atoms with E-state index >= 15 is 0 Å². The third-order valence-corrected chi connectivity index (χ3v) is 4.95. The van der Waals surface area contributed by atoms with Gasteiger partial charge in [0, 0.05) is 24.0 Å². The molecule has 33 heavy (non-hydrogen) atoms. The van der Waals surface area contributed by atoms with E-state index in [9.17, 15) is 4.79 Å². The molecule has 3 aromatic rings. The van der Waals surface area contributed by atoms with Crippen molar-refractivity contribution < 1.29 is 4.79 Å². The number of carbonyl (C=O) groups is 1. The number of rotatable bonds is 6. The summed E-state index contributed by atoms with van der Waals surface area (Å²) in [4.78, 5) is 22.1. The van der Waals surface area contributed by atoms with Gasteiger partial charge in [-0.05, 0) is 31.0 Å². The molecule has 1 aromatic carbocycles. The van der Waals surface area contributed by atoms with Crippen LogP contribution in [0.5, 0.6) is 0 Å². The Morgan fingerprint density at radius 3 is 2.45 bits per heavy atom. The maximum absolute atomic E-state index is 11.9. The summed E-state index contributed by atoms with van der Waals surface area (Å²) in [5.41, 5.74) is 13.4. The fourth-order valence-electron chi connectivity index (χ4n) is 3.43. The van der Waals surface area contributed by atoms with Crippen LogP contribution in [-0.2, 0) is 0 Å². The normalized spacial score (nSPS) is 17.0. The smallest absolute Gasteiger partial charge is 0.254 e. The number of nitrogens with zero attached hydrogens (tertiary/aromatic N) is 5. The van der Waals surface area contributed by atoms with Gasteiger partial charge in [0.2, 0.25) is 5.95 Å². The molecule has 1 amide bonds. The van der Waals surface area contributed by atoms with Gasteiger partial charge in [0.05, 0.1) is 18.1 Å². The van der Waals surface area contributed by atoms with Gasteiger partial charge in [-0.1, -0.05) is 46.6 Å². The molecule has 2 unspecified atom stereocenters. The zero-order valence-electron chi connectivity index (χ0n) is 19.8. The zero-order valence-corrected chi connectivity index (χ0v) is 19.8. The van der Waals surface area contributed by atoms with Crippen molar-refractivity contribution >= 4 is 23.4 Å². The average Bonchev–Trinajstić information content (AvgIpc) is 3.39. The maximum atomic E-state index is 11.9. The minimum Gasteiger partial charge on any atom is -0.365 e. The number of nitrogens with two attached hydrogens (primary N) is 2. The Balaban J connectivity index is 0.000000914. The number of aromatic nitrogens is 5. The number of amides is 1. The number of anilines is 3. The van der Waals surface area contributed by atoms with Crippen molar-refractivity contribution in [3.05, 3.63) is 48.4 Å². The lowest BCUT2D eigenvalue weighted by Gasteiger charge is -2.29. The van der Waals surface area contributed by atoms with Crippen LogP contribution in [0.1, 0.15) is 63.7 Å². The van der Waals surface area contributed by atoms with Gasteiger partial charge in [-0.3, -0.25) is 4.79 Å². The monoisotopic (exact) mass is 453 g/mol. The summed E-state index contributed by atoms with van der Waals surface area (Å²) in [6, 6.07) is 7.58. The first-order valence-electron chi connectivity index (χ1n) is 11.5. The van der Waals surface area contributed by atoms with Crippen LogP contribution < -0.4 is 22.1 Å². The van der Waals surface area contributed by atoms with Crippen molar-refractivity contribution in [2.24, 2.45) is 11.5 Å². The van der Waals surface area contributed by atoms with Crippen molar-refractivity contribution in [1.82, 2.24) is 25.0 Å². The summed E-state index contributed by atoms with van der Waals surface area (Å²) in [6.45, 7) is 8.00. The molecule has 178 valence electrons. The van der Waals surface area contributed by atoms with Gasteiger partial charge >= 0.3 is 0 Å². The molecule has 4 rings (SSSR count). The molecule has 0 bridgehead atoms. The molecule has 2 heterocycles. The van der Waals surface area contributed by atoms with E-state index in [4.69, 9.17) is 11.5 Å². The maximum Gasteiger partial charge on any atom is 0.254 e. The summed E-state index contributed by atoms with van der Waals surface area (Å²) in [7, 11) is 0. The predicted octanol–water partition coefficient (Wildman–Crippen LogP) is 3.63. The molecule has 1 saturated carbocycles. The van der Waals surface area contributed by atoms with Crippen molar-refractivity contribution in [2.45, 2.75) is 65.5 Å². The van der Waals surface area contributed by atoms with Gasteiger partial charge in [0.25, 0.3) is 5.91 Å². The number of primary amides is 1. The highest BCUT2D eigenvalue weighted by atomic mass is 16.1. The van der Waals surface area contributed by atoms with Crippen LogP contribution in [0.25, 0.3) is 5.69 Å². The first-order valence-corrected chi connectivity index (χ1v) is 11.5. The third kappa shape index (κ3) is 6.98. The molecule has 1 aliphatic rings. The number of hydrogen-bond donors (Lipinski definition) is 4. The van der Waals surface area contributed by atoms with E-state index in [-0.39, 0.29) is 17.6 Å². The van der Waals surface area contributed by atoms with E-state index in [0.717, 1.165) is 31.4 Å². The van der Waals surface area contributed by atoms with Crippen LogP contribution in [0.4, 0.5) is 17.5 Å². The molecular formula is C23H35N9O. The Morgan fingerprint density at radius 2 is 1.79 bits per heavy atom. The molecule has 6 N–H and O–H groups in total. The van der Waals surface area contributed by atoms with Crippen LogP contribution in [0.15, 0.2) is 42.9 Å². The lowest BCUT2D eigenvalue weighted by Crippen LogP contribution is -2.43. The fourth-order valence-corrected chi connectivity index (χ4v) is 3.43. The molecule has 0 saturated heterocycles. The van der Waals surface area contributed by atoms with Gasteiger partial charge < -0.3 is 22.1 Å². The van der Waals surface area contributed by atoms with Gasteiger partial charge in [-0.2, -0.15) is 20.0 Å². The standard InChI is InChI=1S/C19H23N9O.2C2H6/c20-15-6-1-2-7-16(15)26-19-22-11-14(17(21)29)18(27-19)25-12-4-3-5-13(10-12)28-23-8-9-24-28;2*1-2/h3-5,8-11,15-16H,1-2,6-7,20H2,(H2,21,29)(H2,22,25,26,27);2*1-2H3. The molecule has 0 radical (unpaired) electrons. The number of hydrogen-bond acceptors (Lipinski definition) is 8. The van der Waals surface area contributed by atoms with Gasteiger partial charge in [-0.15, -0.1) is 0 Å². The van der Waals surface area contributed by atoms with Crippen LogP contribution in [0.3, 0.4) is 0 Å². The highest BCUT2D eigenvalue weighted by Crippen LogP contribution is 2.24. The molecule has 10 nitrogen and oxygen atoms in total. The van der Waals surface area contributed by atoms with Gasteiger partial charge in [-0.25, -0.2) is 4.98 Å². The van der Waals surface area contributed by atoms with E-state index in [0.29, 0.717) is 17.5 Å². The quantitative estimate of drug-likeness (QED) is 0.442. The van der Waals surface area contributed by atoms with Gasteiger partial charge in [0.15, 0.2) is 0 Å². The lowest BCUT2D eigenvalue weighted by molar-refractivity contribution is 0.100. The van der Waals surface area contributed by atoms with Crippen molar-refractivity contribution in [3.8, 4) is 5.69 Å². The minimum atomic E-state index is -0.613. The molecule has 0 spiro atoms. The summed E-state index contributed by atoms with van der Waals surface area (Å²) < 4.78 is 0. The zero-order chi connectivity index (χ0) is 24.2. The topological polar surface area (TPSA) is 150 Å². The van der Waals surface area contributed by atoms with Crippen LogP contribution in [-0.4, -0.2) is 43.0 Å². The molecule has 2 aromatic heterocycles. The highest BCUT2D eigenvalue weighted by molar-refractivity contribution is 5.98. The minimum absolute atomic E-state index is 0.0535. The van der Waals surface area contributed by atoms with Crippen molar-refractivity contribution in [3.63, 3.8) is 0 Å².